The molecule has 0 rings (SSSR count). The second-order valence-corrected chi connectivity index (χ2v) is 4.47. The minimum Gasteiger partial charge on any atom is -0.0748 e. The lowest BCUT2D eigenvalue weighted by atomic mass is 10.2. The predicted octanol–water partition coefficient (Wildman–Crippen LogP) is 2.59. The second-order valence-electron chi connectivity index (χ2n) is 2.77. The van der Waals surface area contributed by atoms with Gasteiger partial charge in [0.2, 0.25) is 0 Å². The zero-order valence-electron chi connectivity index (χ0n) is 6.95. The van der Waals surface area contributed by atoms with E-state index in [2.05, 4.69) is 13.5 Å². The van der Waals surface area contributed by atoms with E-state index in [-0.39, 0.29) is 0 Å². The van der Waals surface area contributed by atoms with Gasteiger partial charge in [-0.3, -0.25) is 0 Å². The van der Waals surface area contributed by atoms with Gasteiger partial charge in [-0.05, 0) is 0 Å². The number of hydrogen-bond donors (Lipinski definition) is 0. The first-order valence-electron chi connectivity index (χ1n) is 4.41. The summed E-state index contributed by atoms with van der Waals surface area (Å²) in [7, 11) is 0.380. The summed E-state index contributed by atoms with van der Waals surface area (Å²) in [5.41, 5.74) is 0. The molecule has 0 N–H and O–H groups in total. The van der Waals surface area contributed by atoms with Gasteiger partial charge in [0.05, 0.1) is 0 Å². The van der Waals surface area contributed by atoms with Crippen molar-refractivity contribution < 1.29 is 0 Å². The Kier molecular flexibility index (Phi) is 8.41. The summed E-state index contributed by atoms with van der Waals surface area (Å²) in [6.45, 7) is 4.67. The molecule has 0 aromatic carbocycles. The zero-order chi connectivity index (χ0) is 6.95. The average Bonchev–Trinajstić information content (AvgIpc) is 1.89. The average molecular weight is 144 g/mol. The quantitative estimate of drug-likeness (QED) is 0.397. The van der Waals surface area contributed by atoms with E-state index >= 15 is 0 Å². The fraction of sp³-hybridized carbons (Fsp3) is 1.00. The van der Waals surface area contributed by atoms with Gasteiger partial charge in [0, 0.05) is 9.52 Å². The molecule has 0 spiro atoms. The Morgan fingerprint density at radius 3 is 2.22 bits per heavy atom. The van der Waals surface area contributed by atoms with Gasteiger partial charge in [-0.15, -0.1) is 0 Å². The van der Waals surface area contributed by atoms with Crippen molar-refractivity contribution in [3.8, 4) is 0 Å². The minimum atomic E-state index is 0.380. The molecule has 0 saturated carbocycles. The topological polar surface area (TPSA) is 0 Å². The fourth-order valence-electron chi connectivity index (χ4n) is 1.03. The summed E-state index contributed by atoms with van der Waals surface area (Å²) in [6, 6.07) is 1.57. The third kappa shape index (κ3) is 8.22. The van der Waals surface area contributed by atoms with Crippen LogP contribution in [-0.4, -0.2) is 9.52 Å². The van der Waals surface area contributed by atoms with E-state index in [1.165, 1.54) is 32.1 Å². The predicted molar refractivity (Wildman–Crippen MR) is 48.0 cm³/mol. The van der Waals surface area contributed by atoms with Crippen LogP contribution in [0.2, 0.25) is 12.6 Å². The Labute approximate surface area is 61.9 Å². The Bertz CT molecular complexity index is 37.8. The molecule has 0 aliphatic rings. The molecule has 0 atom stereocenters. The fourth-order valence-corrected chi connectivity index (χ4v) is 1.88. The Balaban J connectivity index is 2.60. The Morgan fingerprint density at radius 2 is 1.67 bits per heavy atom. The molecular weight excluding hydrogens is 124 g/mol. The maximum Gasteiger partial charge on any atom is 0.0166 e. The minimum absolute atomic E-state index is 0.380. The van der Waals surface area contributed by atoms with Crippen LogP contribution in [0.25, 0.3) is 0 Å². The Morgan fingerprint density at radius 1 is 1.00 bits per heavy atom. The van der Waals surface area contributed by atoms with Gasteiger partial charge >= 0.3 is 0 Å². The van der Waals surface area contributed by atoms with Crippen LogP contribution in [-0.2, 0) is 0 Å². The van der Waals surface area contributed by atoms with Crippen LogP contribution < -0.4 is 0 Å². The van der Waals surface area contributed by atoms with Crippen molar-refractivity contribution >= 4 is 9.52 Å². The van der Waals surface area contributed by atoms with E-state index in [0.717, 1.165) is 0 Å². The molecule has 9 heavy (non-hydrogen) atoms. The van der Waals surface area contributed by atoms with Crippen LogP contribution in [0, 0.1) is 0 Å². The molecule has 0 aliphatic carbocycles. The van der Waals surface area contributed by atoms with Crippen molar-refractivity contribution in [3.63, 3.8) is 0 Å². The molecule has 0 unspecified atom stereocenters. The van der Waals surface area contributed by atoms with Crippen molar-refractivity contribution in [2.75, 3.05) is 0 Å². The molecule has 0 saturated heterocycles. The highest BCUT2D eigenvalue weighted by atomic mass is 28.2. The van der Waals surface area contributed by atoms with Crippen molar-refractivity contribution in [1.29, 1.82) is 0 Å². The molecule has 0 aromatic rings. The smallest absolute Gasteiger partial charge is 0.0166 e. The van der Waals surface area contributed by atoms with Gasteiger partial charge in [-0.2, -0.15) is 0 Å². The van der Waals surface area contributed by atoms with Crippen molar-refractivity contribution in [2.24, 2.45) is 0 Å². The van der Waals surface area contributed by atoms with Gasteiger partial charge in [0.1, 0.15) is 0 Å². The highest BCUT2D eigenvalue weighted by Gasteiger charge is 1.86. The second kappa shape index (κ2) is 8.22. The van der Waals surface area contributed by atoms with E-state index < -0.39 is 0 Å². The lowest BCUT2D eigenvalue weighted by Gasteiger charge is -1.95. The first-order chi connectivity index (χ1) is 4.41. The van der Waals surface area contributed by atoms with Crippen molar-refractivity contribution in [3.05, 3.63) is 0 Å². The highest BCUT2D eigenvalue weighted by Crippen LogP contribution is 2.04. The van der Waals surface area contributed by atoms with Gasteiger partial charge in [-0.25, -0.2) is 0 Å². The summed E-state index contributed by atoms with van der Waals surface area (Å²) in [6.07, 6.45) is 7.32. The van der Waals surface area contributed by atoms with E-state index in [0.29, 0.717) is 9.52 Å². The summed E-state index contributed by atoms with van der Waals surface area (Å²) >= 11 is 0. The van der Waals surface area contributed by atoms with Gasteiger partial charge < -0.3 is 0 Å². The van der Waals surface area contributed by atoms with Crippen molar-refractivity contribution in [1.82, 2.24) is 0 Å². The van der Waals surface area contributed by atoms with E-state index in [9.17, 15) is 0 Å². The molecule has 0 bridgehead atoms. The van der Waals surface area contributed by atoms with Crippen LogP contribution in [0.1, 0.15) is 39.0 Å². The van der Waals surface area contributed by atoms with Gasteiger partial charge in [0.15, 0.2) is 0 Å². The third-order valence-corrected chi connectivity index (χ3v) is 2.91. The highest BCUT2D eigenvalue weighted by molar-refractivity contribution is 6.33. The molecule has 0 heterocycles. The molecule has 0 aromatic heterocycles. The Hall–Kier alpha value is 0.217. The summed E-state index contributed by atoms with van der Waals surface area (Å²) in [5.74, 6) is 0. The maximum absolute atomic E-state index is 2.40. The SMILES string of the molecule is CCCCCCC[SiH2]C. The molecular formula is C8H20Si. The van der Waals surface area contributed by atoms with Crippen LogP contribution in [0.15, 0.2) is 0 Å². The van der Waals surface area contributed by atoms with Crippen LogP contribution in [0.5, 0.6) is 0 Å². The van der Waals surface area contributed by atoms with E-state index in [1.54, 1.807) is 6.04 Å². The summed E-state index contributed by atoms with van der Waals surface area (Å²) in [4.78, 5) is 0. The molecule has 1 heteroatoms. The maximum atomic E-state index is 2.40. The monoisotopic (exact) mass is 144 g/mol. The lowest BCUT2D eigenvalue weighted by molar-refractivity contribution is 0.655. The summed E-state index contributed by atoms with van der Waals surface area (Å²) < 4.78 is 0. The molecule has 0 radical (unpaired) electrons. The first kappa shape index (κ1) is 9.22. The number of rotatable bonds is 6. The van der Waals surface area contributed by atoms with Crippen LogP contribution in [0.4, 0.5) is 0 Å². The normalized spacial score (nSPS) is 11.3. The standard InChI is InChI=1S/C8H20Si/c1-3-4-5-6-7-8-9-2/h3-9H2,1-2H3. The molecule has 56 valence electrons. The zero-order valence-corrected chi connectivity index (χ0v) is 8.36. The molecule has 0 fully saturated rings. The lowest BCUT2D eigenvalue weighted by Crippen LogP contribution is -1.81. The number of unbranched alkanes of at least 4 members (excludes halogenated alkanes) is 4. The third-order valence-electron chi connectivity index (χ3n) is 1.71. The first-order valence-corrected chi connectivity index (χ1v) is 6.83. The van der Waals surface area contributed by atoms with Gasteiger partial charge in [-0.1, -0.05) is 51.6 Å². The van der Waals surface area contributed by atoms with Crippen LogP contribution in [0.3, 0.4) is 0 Å². The van der Waals surface area contributed by atoms with Crippen LogP contribution >= 0.6 is 0 Å². The molecule has 0 amide bonds. The molecule has 0 aliphatic heterocycles. The van der Waals surface area contributed by atoms with Gasteiger partial charge in [0.25, 0.3) is 0 Å². The van der Waals surface area contributed by atoms with E-state index in [1.807, 2.05) is 0 Å². The van der Waals surface area contributed by atoms with Crippen molar-refractivity contribution in [2.45, 2.75) is 51.6 Å². The number of hydrogen-bond acceptors (Lipinski definition) is 0. The largest absolute Gasteiger partial charge is 0.0748 e. The summed E-state index contributed by atoms with van der Waals surface area (Å²) in [5, 5.41) is 0. The molecule has 0 nitrogen and oxygen atoms in total. The van der Waals surface area contributed by atoms with E-state index in [4.69, 9.17) is 0 Å².